The third-order valence-electron chi connectivity index (χ3n) is 2.63. The van der Waals surface area contributed by atoms with Gasteiger partial charge in [-0.25, -0.2) is 4.79 Å². The monoisotopic (exact) mass is 274 g/mol. The minimum absolute atomic E-state index is 0.450. The van der Waals surface area contributed by atoms with E-state index in [9.17, 15) is 14.4 Å². The smallest absolute Gasteiger partial charge is 0.328 e. The molecule has 0 saturated heterocycles. The van der Waals surface area contributed by atoms with Crippen LogP contribution < -0.4 is 11.1 Å². The number of esters is 1. The minimum Gasteiger partial charge on any atom is -0.481 e. The number of unbranched alkanes of at least 4 members (excludes halogenated alkanes) is 2. The van der Waals surface area contributed by atoms with E-state index < -0.39 is 36.4 Å². The molecule has 0 aromatic rings. The fraction of sp³-hybridized carbons (Fsp3) is 0.750. The Morgan fingerprint density at radius 2 is 1.95 bits per heavy atom. The Labute approximate surface area is 112 Å². The van der Waals surface area contributed by atoms with Crippen LogP contribution in [0.2, 0.25) is 0 Å². The Hall–Kier alpha value is -1.63. The van der Waals surface area contributed by atoms with Crippen LogP contribution in [-0.4, -0.2) is 42.1 Å². The zero-order chi connectivity index (χ0) is 14.8. The summed E-state index contributed by atoms with van der Waals surface area (Å²) in [6, 6.07) is -1.94. The van der Waals surface area contributed by atoms with Crippen LogP contribution in [0.15, 0.2) is 0 Å². The van der Waals surface area contributed by atoms with Gasteiger partial charge in [-0.1, -0.05) is 26.2 Å². The second-order valence-corrected chi connectivity index (χ2v) is 4.28. The van der Waals surface area contributed by atoms with Gasteiger partial charge in [0.1, 0.15) is 6.04 Å². The van der Waals surface area contributed by atoms with Crippen molar-refractivity contribution in [3.05, 3.63) is 0 Å². The zero-order valence-electron chi connectivity index (χ0n) is 11.3. The summed E-state index contributed by atoms with van der Waals surface area (Å²) >= 11 is 0. The predicted octanol–water partition coefficient (Wildman–Crippen LogP) is 0.0265. The number of carboxylic acid groups (broad SMARTS) is 1. The van der Waals surface area contributed by atoms with Gasteiger partial charge in [0.15, 0.2) is 0 Å². The molecule has 0 heterocycles. The number of carboxylic acids is 1. The SMILES string of the molecule is CCCCCC(NC(=O)C(N)CC(=O)O)C(=O)OC. The van der Waals surface area contributed by atoms with E-state index >= 15 is 0 Å². The second-order valence-electron chi connectivity index (χ2n) is 4.28. The van der Waals surface area contributed by atoms with E-state index in [0.717, 1.165) is 19.3 Å². The lowest BCUT2D eigenvalue weighted by Gasteiger charge is -2.18. The largest absolute Gasteiger partial charge is 0.481 e. The predicted molar refractivity (Wildman–Crippen MR) is 68.3 cm³/mol. The number of hydrogen-bond acceptors (Lipinski definition) is 5. The highest BCUT2D eigenvalue weighted by molar-refractivity contribution is 5.89. The first-order chi connectivity index (χ1) is 8.92. The molecular weight excluding hydrogens is 252 g/mol. The third kappa shape index (κ3) is 7.40. The van der Waals surface area contributed by atoms with E-state index in [-0.39, 0.29) is 0 Å². The lowest BCUT2D eigenvalue weighted by Crippen LogP contribution is -2.49. The first kappa shape index (κ1) is 17.4. The van der Waals surface area contributed by atoms with Crippen LogP contribution in [0.3, 0.4) is 0 Å². The molecule has 7 heteroatoms. The van der Waals surface area contributed by atoms with Crippen molar-refractivity contribution in [2.45, 2.75) is 51.1 Å². The van der Waals surface area contributed by atoms with Crippen LogP contribution in [0.5, 0.6) is 0 Å². The Morgan fingerprint density at radius 1 is 1.32 bits per heavy atom. The maximum Gasteiger partial charge on any atom is 0.328 e. The standard InChI is InChI=1S/C12H22N2O5/c1-3-4-5-6-9(12(18)19-2)14-11(17)8(13)7-10(15)16/h8-9H,3-7,13H2,1-2H3,(H,14,17)(H,15,16). The number of rotatable bonds is 9. The molecule has 0 aromatic carbocycles. The lowest BCUT2D eigenvalue weighted by molar-refractivity contribution is -0.145. The molecule has 0 bridgehead atoms. The summed E-state index contributed by atoms with van der Waals surface area (Å²) < 4.78 is 4.59. The van der Waals surface area contributed by atoms with Crippen LogP contribution in [0, 0.1) is 0 Å². The van der Waals surface area contributed by atoms with Gasteiger partial charge < -0.3 is 20.9 Å². The molecule has 1 amide bonds. The molecular formula is C12H22N2O5. The lowest BCUT2D eigenvalue weighted by atomic mass is 10.1. The van der Waals surface area contributed by atoms with Crippen molar-refractivity contribution in [3.8, 4) is 0 Å². The van der Waals surface area contributed by atoms with E-state index in [0.29, 0.717) is 6.42 Å². The molecule has 4 N–H and O–H groups in total. The summed E-state index contributed by atoms with van der Waals surface area (Å²) in [5, 5.41) is 11.0. The number of carbonyl (C=O) groups is 3. The summed E-state index contributed by atoms with van der Waals surface area (Å²) in [5.41, 5.74) is 5.42. The van der Waals surface area contributed by atoms with Crippen LogP contribution in [0.4, 0.5) is 0 Å². The molecule has 2 unspecified atom stereocenters. The number of ether oxygens (including phenoxy) is 1. The summed E-state index contributed by atoms with van der Waals surface area (Å²) in [7, 11) is 1.23. The van der Waals surface area contributed by atoms with Gasteiger partial charge in [-0.05, 0) is 6.42 Å². The molecule has 0 radical (unpaired) electrons. The number of aliphatic carboxylic acids is 1. The maximum absolute atomic E-state index is 11.6. The Bertz CT molecular complexity index is 319. The molecule has 19 heavy (non-hydrogen) atoms. The molecule has 0 fully saturated rings. The van der Waals surface area contributed by atoms with E-state index in [1.807, 2.05) is 6.92 Å². The summed E-state index contributed by atoms with van der Waals surface area (Å²) in [4.78, 5) is 33.6. The molecule has 0 aliphatic heterocycles. The Kier molecular flexibility index (Phi) is 8.52. The molecule has 0 rings (SSSR count). The minimum atomic E-state index is -1.17. The highest BCUT2D eigenvalue weighted by Gasteiger charge is 2.25. The quantitative estimate of drug-likeness (QED) is 0.403. The highest BCUT2D eigenvalue weighted by atomic mass is 16.5. The van der Waals surface area contributed by atoms with Gasteiger partial charge in [-0.3, -0.25) is 9.59 Å². The van der Waals surface area contributed by atoms with Gasteiger partial charge in [-0.2, -0.15) is 0 Å². The maximum atomic E-state index is 11.6. The first-order valence-corrected chi connectivity index (χ1v) is 6.27. The Balaban J connectivity index is 4.41. The van der Waals surface area contributed by atoms with Crippen molar-refractivity contribution >= 4 is 17.8 Å². The topological polar surface area (TPSA) is 119 Å². The van der Waals surface area contributed by atoms with E-state index in [1.165, 1.54) is 7.11 Å². The number of methoxy groups -OCH3 is 1. The van der Waals surface area contributed by atoms with Crippen molar-refractivity contribution < 1.29 is 24.2 Å². The number of nitrogens with one attached hydrogen (secondary N) is 1. The summed E-state index contributed by atoms with van der Waals surface area (Å²) in [5.74, 6) is -2.37. The van der Waals surface area contributed by atoms with Gasteiger partial charge in [0.25, 0.3) is 0 Å². The molecule has 0 aliphatic rings. The zero-order valence-corrected chi connectivity index (χ0v) is 11.3. The van der Waals surface area contributed by atoms with Crippen molar-refractivity contribution in [1.29, 1.82) is 0 Å². The van der Waals surface area contributed by atoms with Crippen LogP contribution in [0.25, 0.3) is 0 Å². The van der Waals surface area contributed by atoms with Gasteiger partial charge >= 0.3 is 11.9 Å². The van der Waals surface area contributed by atoms with Crippen molar-refractivity contribution in [3.63, 3.8) is 0 Å². The van der Waals surface area contributed by atoms with Crippen molar-refractivity contribution in [2.24, 2.45) is 5.73 Å². The van der Waals surface area contributed by atoms with Gasteiger partial charge in [-0.15, -0.1) is 0 Å². The fourth-order valence-electron chi connectivity index (χ4n) is 1.55. The third-order valence-corrected chi connectivity index (χ3v) is 2.63. The van der Waals surface area contributed by atoms with E-state index in [1.54, 1.807) is 0 Å². The van der Waals surface area contributed by atoms with Crippen LogP contribution in [-0.2, 0) is 19.1 Å². The second kappa shape index (κ2) is 9.32. The molecule has 2 atom stereocenters. The molecule has 0 aliphatic carbocycles. The van der Waals surface area contributed by atoms with Crippen molar-refractivity contribution in [2.75, 3.05) is 7.11 Å². The number of hydrogen-bond donors (Lipinski definition) is 3. The molecule has 110 valence electrons. The van der Waals surface area contributed by atoms with Crippen LogP contribution >= 0.6 is 0 Å². The molecule has 0 spiro atoms. The summed E-state index contributed by atoms with van der Waals surface area (Å²) in [6.45, 7) is 2.02. The van der Waals surface area contributed by atoms with Gasteiger partial charge in [0, 0.05) is 0 Å². The fourth-order valence-corrected chi connectivity index (χ4v) is 1.55. The van der Waals surface area contributed by atoms with E-state index in [2.05, 4.69) is 10.1 Å². The molecule has 7 nitrogen and oxygen atoms in total. The molecule has 0 aromatic heterocycles. The number of carbonyl (C=O) groups excluding carboxylic acids is 2. The average molecular weight is 274 g/mol. The number of nitrogens with two attached hydrogens (primary N) is 1. The van der Waals surface area contributed by atoms with E-state index in [4.69, 9.17) is 10.8 Å². The van der Waals surface area contributed by atoms with Gasteiger partial charge in [0.2, 0.25) is 5.91 Å². The normalized spacial score (nSPS) is 13.4. The molecule has 0 saturated carbocycles. The van der Waals surface area contributed by atoms with Gasteiger partial charge in [0.05, 0.1) is 19.6 Å². The highest BCUT2D eigenvalue weighted by Crippen LogP contribution is 2.05. The van der Waals surface area contributed by atoms with Crippen LogP contribution in [0.1, 0.15) is 39.0 Å². The number of amides is 1. The Morgan fingerprint density at radius 3 is 2.42 bits per heavy atom. The summed E-state index contributed by atoms with van der Waals surface area (Å²) in [6.07, 6.45) is 2.66. The average Bonchev–Trinajstić information content (AvgIpc) is 2.35. The first-order valence-electron chi connectivity index (χ1n) is 6.27. The van der Waals surface area contributed by atoms with Crippen molar-refractivity contribution in [1.82, 2.24) is 5.32 Å².